The normalized spacial score (nSPS) is 11.4. The Labute approximate surface area is 169 Å². The minimum absolute atomic E-state index is 0.205. The summed E-state index contributed by atoms with van der Waals surface area (Å²) in [6.45, 7) is 0. The molecule has 28 heavy (non-hydrogen) atoms. The molecule has 1 atom stereocenters. The quantitative estimate of drug-likeness (QED) is 0.579. The molecule has 0 heterocycles. The van der Waals surface area contributed by atoms with Crippen molar-refractivity contribution in [3.8, 4) is 11.5 Å². The summed E-state index contributed by atoms with van der Waals surface area (Å²) in [6.07, 6.45) is 0. The Morgan fingerprint density at radius 1 is 0.893 bits per heavy atom. The molecule has 0 aromatic heterocycles. The predicted molar refractivity (Wildman–Crippen MR) is 112 cm³/mol. The van der Waals surface area contributed by atoms with Crippen molar-refractivity contribution in [2.75, 3.05) is 24.9 Å². The molecular weight excluding hydrogens is 376 g/mol. The third kappa shape index (κ3) is 4.75. The molecule has 0 radical (unpaired) electrons. The fourth-order valence-corrected chi connectivity index (χ4v) is 3.02. The lowest BCUT2D eigenvalue weighted by atomic mass is 10.1. The van der Waals surface area contributed by atoms with Crippen LogP contribution in [0.5, 0.6) is 11.5 Å². The van der Waals surface area contributed by atoms with Crippen molar-refractivity contribution in [3.05, 3.63) is 83.4 Å². The van der Waals surface area contributed by atoms with Gasteiger partial charge in [-0.05, 0) is 48.0 Å². The average Bonchev–Trinajstić information content (AvgIpc) is 2.73. The number of hydrogen-bond acceptors (Lipinski definition) is 4. The highest BCUT2D eigenvalue weighted by molar-refractivity contribution is 6.32. The molecule has 144 valence electrons. The van der Waals surface area contributed by atoms with E-state index in [2.05, 4.69) is 10.6 Å². The lowest BCUT2D eigenvalue weighted by molar-refractivity contribution is -0.117. The number of anilines is 2. The van der Waals surface area contributed by atoms with E-state index in [0.29, 0.717) is 16.5 Å². The molecule has 1 amide bonds. The molecule has 0 fully saturated rings. The maximum atomic E-state index is 13.0. The van der Waals surface area contributed by atoms with Gasteiger partial charge in [0.1, 0.15) is 17.5 Å². The van der Waals surface area contributed by atoms with Crippen LogP contribution < -0.4 is 20.1 Å². The smallest absolute Gasteiger partial charge is 0.251 e. The first-order valence-corrected chi connectivity index (χ1v) is 9.08. The number of rotatable bonds is 7. The van der Waals surface area contributed by atoms with E-state index in [1.54, 1.807) is 32.4 Å². The molecule has 0 aliphatic carbocycles. The summed E-state index contributed by atoms with van der Waals surface area (Å²) in [7, 11) is 3.16. The van der Waals surface area contributed by atoms with Gasteiger partial charge in [0.25, 0.3) is 5.91 Å². The molecule has 0 bridgehead atoms. The van der Waals surface area contributed by atoms with Gasteiger partial charge in [0, 0.05) is 11.4 Å². The summed E-state index contributed by atoms with van der Waals surface area (Å²) in [5, 5.41) is 6.62. The van der Waals surface area contributed by atoms with Gasteiger partial charge in [0.15, 0.2) is 0 Å². The van der Waals surface area contributed by atoms with Crippen LogP contribution in [0.1, 0.15) is 11.6 Å². The predicted octanol–water partition coefficient (Wildman–Crippen LogP) is 5.15. The Kier molecular flexibility index (Phi) is 6.40. The van der Waals surface area contributed by atoms with Crippen LogP contribution in [0.4, 0.5) is 11.4 Å². The second-order valence-corrected chi connectivity index (χ2v) is 6.46. The third-order valence-corrected chi connectivity index (χ3v) is 4.51. The molecule has 3 aromatic rings. The fourth-order valence-electron chi connectivity index (χ4n) is 2.76. The van der Waals surface area contributed by atoms with E-state index in [1.807, 2.05) is 54.6 Å². The molecule has 0 aliphatic rings. The van der Waals surface area contributed by atoms with Crippen LogP contribution in [-0.4, -0.2) is 20.1 Å². The van der Waals surface area contributed by atoms with Gasteiger partial charge in [-0.1, -0.05) is 41.9 Å². The summed E-state index contributed by atoms with van der Waals surface area (Å²) < 4.78 is 10.3. The first-order valence-electron chi connectivity index (χ1n) is 8.70. The third-order valence-electron chi connectivity index (χ3n) is 4.22. The molecule has 6 heteroatoms. The highest BCUT2D eigenvalue weighted by Gasteiger charge is 2.21. The zero-order valence-electron chi connectivity index (χ0n) is 15.6. The second kappa shape index (κ2) is 9.15. The van der Waals surface area contributed by atoms with Gasteiger partial charge in [0.05, 0.1) is 19.2 Å². The van der Waals surface area contributed by atoms with Crippen molar-refractivity contribution in [3.63, 3.8) is 0 Å². The second-order valence-electron chi connectivity index (χ2n) is 6.06. The highest BCUT2D eigenvalue weighted by atomic mass is 35.5. The van der Waals surface area contributed by atoms with Gasteiger partial charge < -0.3 is 20.1 Å². The highest BCUT2D eigenvalue weighted by Crippen LogP contribution is 2.28. The van der Waals surface area contributed by atoms with E-state index < -0.39 is 6.04 Å². The maximum absolute atomic E-state index is 13.0. The number of carbonyl (C=O) groups is 1. The van der Waals surface area contributed by atoms with E-state index >= 15 is 0 Å². The van der Waals surface area contributed by atoms with Gasteiger partial charge in [0.2, 0.25) is 0 Å². The zero-order valence-corrected chi connectivity index (χ0v) is 16.4. The van der Waals surface area contributed by atoms with Gasteiger partial charge in [-0.15, -0.1) is 0 Å². The Hall–Kier alpha value is -3.18. The molecular formula is C22H21ClN2O3. The number of carbonyl (C=O) groups excluding carboxylic acids is 1. The van der Waals surface area contributed by atoms with Crippen LogP contribution in [-0.2, 0) is 4.79 Å². The number of ether oxygens (including phenoxy) is 2. The number of amides is 1. The Morgan fingerprint density at radius 2 is 1.57 bits per heavy atom. The lowest BCUT2D eigenvalue weighted by Gasteiger charge is -2.20. The van der Waals surface area contributed by atoms with Crippen molar-refractivity contribution in [2.45, 2.75) is 6.04 Å². The summed E-state index contributed by atoms with van der Waals surface area (Å²) in [4.78, 5) is 13.0. The van der Waals surface area contributed by atoms with Crippen molar-refractivity contribution in [1.29, 1.82) is 0 Å². The number of nitrogens with one attached hydrogen (secondary N) is 2. The van der Waals surface area contributed by atoms with Crippen LogP contribution in [0.15, 0.2) is 72.8 Å². The van der Waals surface area contributed by atoms with E-state index in [0.717, 1.165) is 17.0 Å². The van der Waals surface area contributed by atoms with E-state index in [9.17, 15) is 4.79 Å². The van der Waals surface area contributed by atoms with Crippen LogP contribution in [0.25, 0.3) is 0 Å². The van der Waals surface area contributed by atoms with Crippen LogP contribution in [0.2, 0.25) is 5.02 Å². The largest absolute Gasteiger partial charge is 0.497 e. The molecule has 0 spiro atoms. The van der Waals surface area contributed by atoms with Crippen molar-refractivity contribution < 1.29 is 14.3 Å². The summed E-state index contributed by atoms with van der Waals surface area (Å²) >= 11 is 6.16. The molecule has 3 aromatic carbocycles. The lowest BCUT2D eigenvalue weighted by Crippen LogP contribution is -2.27. The topological polar surface area (TPSA) is 59.6 Å². The van der Waals surface area contributed by atoms with Crippen LogP contribution in [0.3, 0.4) is 0 Å². The zero-order chi connectivity index (χ0) is 19.9. The van der Waals surface area contributed by atoms with Gasteiger partial charge >= 0.3 is 0 Å². The molecule has 1 unspecified atom stereocenters. The Bertz CT molecular complexity index is 930. The van der Waals surface area contributed by atoms with Gasteiger partial charge in [-0.2, -0.15) is 0 Å². The fraction of sp³-hybridized carbons (Fsp3) is 0.136. The Balaban J connectivity index is 1.83. The first kappa shape index (κ1) is 19.6. The number of benzene rings is 3. The first-order chi connectivity index (χ1) is 13.6. The van der Waals surface area contributed by atoms with Crippen LogP contribution in [0, 0.1) is 0 Å². The number of methoxy groups -OCH3 is 2. The molecule has 0 aliphatic heterocycles. The van der Waals surface area contributed by atoms with E-state index in [4.69, 9.17) is 21.1 Å². The van der Waals surface area contributed by atoms with Gasteiger partial charge in [-0.25, -0.2) is 0 Å². The molecule has 3 rings (SSSR count). The van der Waals surface area contributed by atoms with Crippen molar-refractivity contribution in [1.82, 2.24) is 0 Å². The summed E-state index contributed by atoms with van der Waals surface area (Å²) in [6, 6.07) is 21.5. The number of hydrogen-bond donors (Lipinski definition) is 2. The van der Waals surface area contributed by atoms with E-state index in [-0.39, 0.29) is 5.91 Å². The monoisotopic (exact) mass is 396 g/mol. The van der Waals surface area contributed by atoms with Crippen molar-refractivity contribution in [2.24, 2.45) is 0 Å². The van der Waals surface area contributed by atoms with E-state index in [1.165, 1.54) is 0 Å². The number of halogens is 1. The standard InChI is InChI=1S/C22H21ClN2O3/c1-27-18-11-8-16(9-12-18)24-21(15-6-4-3-5-7-15)22(26)25-17-10-13-20(28-2)19(23)14-17/h3-14,21,24H,1-2H3,(H,25,26). The average molecular weight is 397 g/mol. The Morgan fingerprint density at radius 3 is 2.18 bits per heavy atom. The summed E-state index contributed by atoms with van der Waals surface area (Å²) in [5.74, 6) is 1.10. The van der Waals surface area contributed by atoms with Crippen LogP contribution >= 0.6 is 11.6 Å². The minimum Gasteiger partial charge on any atom is -0.497 e. The summed E-state index contributed by atoms with van der Waals surface area (Å²) in [5.41, 5.74) is 2.24. The maximum Gasteiger partial charge on any atom is 0.251 e. The minimum atomic E-state index is -0.588. The molecule has 0 saturated heterocycles. The SMILES string of the molecule is COc1ccc(NC(C(=O)Nc2ccc(OC)c(Cl)c2)c2ccccc2)cc1. The molecule has 0 saturated carbocycles. The molecule has 2 N–H and O–H groups in total. The van der Waals surface area contributed by atoms with Gasteiger partial charge in [-0.3, -0.25) is 4.79 Å². The molecule has 5 nitrogen and oxygen atoms in total. The van der Waals surface area contributed by atoms with Crippen molar-refractivity contribution >= 4 is 28.9 Å².